The molecule has 0 aromatic carbocycles. The minimum absolute atomic E-state index is 0.0538. The van der Waals surface area contributed by atoms with E-state index in [1.807, 2.05) is 0 Å². The van der Waals surface area contributed by atoms with E-state index in [0.717, 1.165) is 25.8 Å². The van der Waals surface area contributed by atoms with Crippen molar-refractivity contribution in [3.63, 3.8) is 0 Å². The van der Waals surface area contributed by atoms with E-state index in [-0.39, 0.29) is 11.9 Å². The molecule has 5 heteroatoms. The number of hydrogen-bond donors (Lipinski definition) is 2. The average Bonchev–Trinajstić information content (AvgIpc) is 2.46. The van der Waals surface area contributed by atoms with Gasteiger partial charge in [-0.15, -0.1) is 0 Å². The van der Waals surface area contributed by atoms with Crippen molar-refractivity contribution < 1.29 is 4.79 Å². The molecule has 0 saturated carbocycles. The molecule has 1 saturated heterocycles. The molecule has 80 valence electrons. The minimum Gasteiger partial charge on any atom is -0.357 e. The van der Waals surface area contributed by atoms with E-state index in [0.29, 0.717) is 5.82 Å². The van der Waals surface area contributed by atoms with Crippen LogP contribution in [-0.4, -0.2) is 28.5 Å². The summed E-state index contributed by atoms with van der Waals surface area (Å²) in [6.07, 6.45) is 7.79. The molecule has 2 heterocycles. The van der Waals surface area contributed by atoms with Gasteiger partial charge in [0.05, 0.1) is 6.20 Å². The number of anilines is 1. The Morgan fingerprint density at radius 1 is 1.40 bits per heavy atom. The van der Waals surface area contributed by atoms with Crippen LogP contribution in [0.15, 0.2) is 18.6 Å². The van der Waals surface area contributed by atoms with Crippen LogP contribution < -0.4 is 10.6 Å². The van der Waals surface area contributed by atoms with Gasteiger partial charge in [0, 0.05) is 18.9 Å². The van der Waals surface area contributed by atoms with Crippen LogP contribution in [0.2, 0.25) is 0 Å². The average molecular weight is 206 g/mol. The van der Waals surface area contributed by atoms with Gasteiger partial charge in [0.15, 0.2) is 0 Å². The number of hydrogen-bond acceptors (Lipinski definition) is 4. The van der Waals surface area contributed by atoms with E-state index in [1.54, 1.807) is 18.6 Å². The number of amides is 1. The van der Waals surface area contributed by atoms with Crippen LogP contribution in [0.4, 0.5) is 5.82 Å². The summed E-state index contributed by atoms with van der Waals surface area (Å²) in [4.78, 5) is 19.6. The summed E-state index contributed by atoms with van der Waals surface area (Å²) in [5.74, 6) is 0.706. The molecular formula is C10H14N4O. The number of aromatic nitrogens is 2. The van der Waals surface area contributed by atoms with Crippen molar-refractivity contribution in [3.05, 3.63) is 18.6 Å². The third kappa shape index (κ3) is 2.65. The van der Waals surface area contributed by atoms with Gasteiger partial charge in [0.25, 0.3) is 0 Å². The lowest BCUT2D eigenvalue weighted by atomic mass is 10.1. The molecule has 1 aromatic rings. The maximum Gasteiger partial charge on any atom is 0.242 e. The predicted molar refractivity (Wildman–Crippen MR) is 56.3 cm³/mol. The van der Waals surface area contributed by atoms with Gasteiger partial charge in [-0.25, -0.2) is 4.98 Å². The molecule has 2 N–H and O–H groups in total. The fourth-order valence-corrected chi connectivity index (χ4v) is 1.63. The van der Waals surface area contributed by atoms with Gasteiger partial charge in [-0.3, -0.25) is 9.78 Å². The fourth-order valence-electron chi connectivity index (χ4n) is 1.63. The summed E-state index contributed by atoms with van der Waals surface area (Å²) in [6, 6.07) is -0.177. The van der Waals surface area contributed by atoms with E-state index in [2.05, 4.69) is 20.6 Å². The van der Waals surface area contributed by atoms with Gasteiger partial charge in [0.1, 0.15) is 11.9 Å². The Morgan fingerprint density at radius 2 is 2.33 bits per heavy atom. The maximum absolute atomic E-state index is 11.6. The number of nitrogens with one attached hydrogen (secondary N) is 2. The molecule has 0 aliphatic carbocycles. The Balaban J connectivity index is 2.01. The summed E-state index contributed by atoms with van der Waals surface area (Å²) in [6.45, 7) is 0.775. The Labute approximate surface area is 88.3 Å². The van der Waals surface area contributed by atoms with Crippen molar-refractivity contribution in [2.45, 2.75) is 25.3 Å². The standard InChI is InChI=1S/C10H14N4O/c15-10-8(3-1-2-4-13-10)14-9-7-11-5-6-12-9/h5-8H,1-4H2,(H,12,14)(H,13,15). The lowest BCUT2D eigenvalue weighted by Crippen LogP contribution is -2.38. The maximum atomic E-state index is 11.6. The fraction of sp³-hybridized carbons (Fsp3) is 0.500. The quantitative estimate of drug-likeness (QED) is 0.742. The molecule has 1 aromatic heterocycles. The monoisotopic (exact) mass is 206 g/mol. The third-order valence-corrected chi connectivity index (χ3v) is 2.42. The molecule has 2 rings (SSSR count). The number of carbonyl (C=O) groups is 1. The molecular weight excluding hydrogens is 192 g/mol. The van der Waals surface area contributed by atoms with E-state index in [9.17, 15) is 4.79 Å². The minimum atomic E-state index is -0.177. The summed E-state index contributed by atoms with van der Waals surface area (Å²) >= 11 is 0. The van der Waals surface area contributed by atoms with Crippen LogP contribution in [0.5, 0.6) is 0 Å². The van der Waals surface area contributed by atoms with Crippen LogP contribution in [-0.2, 0) is 4.79 Å². The second kappa shape index (κ2) is 4.72. The largest absolute Gasteiger partial charge is 0.357 e. The number of carbonyl (C=O) groups excluding carboxylic acids is 1. The lowest BCUT2D eigenvalue weighted by molar-refractivity contribution is -0.121. The van der Waals surface area contributed by atoms with Crippen molar-refractivity contribution in [2.75, 3.05) is 11.9 Å². The molecule has 1 aliphatic rings. The zero-order chi connectivity index (χ0) is 10.5. The van der Waals surface area contributed by atoms with Crippen molar-refractivity contribution in [1.29, 1.82) is 0 Å². The van der Waals surface area contributed by atoms with Gasteiger partial charge in [0.2, 0.25) is 5.91 Å². The highest BCUT2D eigenvalue weighted by molar-refractivity contribution is 5.84. The Morgan fingerprint density at radius 3 is 3.13 bits per heavy atom. The van der Waals surface area contributed by atoms with E-state index in [1.165, 1.54) is 0 Å². The van der Waals surface area contributed by atoms with Gasteiger partial charge in [-0.2, -0.15) is 0 Å². The van der Waals surface area contributed by atoms with Gasteiger partial charge >= 0.3 is 0 Å². The molecule has 0 radical (unpaired) electrons. The van der Waals surface area contributed by atoms with Crippen LogP contribution in [0.3, 0.4) is 0 Å². The zero-order valence-corrected chi connectivity index (χ0v) is 8.44. The van der Waals surface area contributed by atoms with Crippen LogP contribution >= 0.6 is 0 Å². The van der Waals surface area contributed by atoms with E-state index < -0.39 is 0 Å². The predicted octanol–water partition coefficient (Wildman–Crippen LogP) is 0.557. The Kier molecular flexibility index (Phi) is 3.11. The summed E-state index contributed by atoms with van der Waals surface area (Å²) < 4.78 is 0. The molecule has 15 heavy (non-hydrogen) atoms. The molecule has 0 bridgehead atoms. The molecule has 1 amide bonds. The summed E-state index contributed by atoms with van der Waals surface area (Å²) in [7, 11) is 0. The van der Waals surface area contributed by atoms with Crippen molar-refractivity contribution in [2.24, 2.45) is 0 Å². The van der Waals surface area contributed by atoms with E-state index in [4.69, 9.17) is 0 Å². The molecule has 1 aliphatic heterocycles. The summed E-state index contributed by atoms with van der Waals surface area (Å²) in [5.41, 5.74) is 0. The SMILES string of the molecule is O=C1NCCCCC1Nc1cnccn1. The first-order valence-corrected chi connectivity index (χ1v) is 5.16. The first kappa shape index (κ1) is 9.89. The van der Waals surface area contributed by atoms with Gasteiger partial charge in [-0.1, -0.05) is 0 Å². The van der Waals surface area contributed by atoms with Gasteiger partial charge in [-0.05, 0) is 19.3 Å². The second-order valence-electron chi connectivity index (χ2n) is 3.57. The lowest BCUT2D eigenvalue weighted by Gasteiger charge is -2.14. The second-order valence-corrected chi connectivity index (χ2v) is 3.57. The first-order chi connectivity index (χ1) is 7.36. The third-order valence-electron chi connectivity index (χ3n) is 2.42. The highest BCUT2D eigenvalue weighted by Gasteiger charge is 2.20. The smallest absolute Gasteiger partial charge is 0.242 e. The Bertz CT molecular complexity index is 327. The van der Waals surface area contributed by atoms with E-state index >= 15 is 0 Å². The Hall–Kier alpha value is -1.65. The van der Waals surface area contributed by atoms with Crippen molar-refractivity contribution in [1.82, 2.24) is 15.3 Å². The zero-order valence-electron chi connectivity index (χ0n) is 8.44. The molecule has 1 atom stereocenters. The number of rotatable bonds is 2. The molecule has 1 fully saturated rings. The normalized spacial score (nSPS) is 21.6. The molecule has 5 nitrogen and oxygen atoms in total. The van der Waals surface area contributed by atoms with Crippen molar-refractivity contribution in [3.8, 4) is 0 Å². The highest BCUT2D eigenvalue weighted by atomic mass is 16.2. The summed E-state index contributed by atoms with van der Waals surface area (Å²) in [5, 5.41) is 5.95. The van der Waals surface area contributed by atoms with Gasteiger partial charge < -0.3 is 10.6 Å². The van der Waals surface area contributed by atoms with Crippen LogP contribution in [0.25, 0.3) is 0 Å². The topological polar surface area (TPSA) is 66.9 Å². The number of nitrogens with zero attached hydrogens (tertiary/aromatic N) is 2. The highest BCUT2D eigenvalue weighted by Crippen LogP contribution is 2.10. The molecule has 1 unspecified atom stereocenters. The van der Waals surface area contributed by atoms with Crippen LogP contribution in [0, 0.1) is 0 Å². The van der Waals surface area contributed by atoms with Crippen molar-refractivity contribution >= 4 is 11.7 Å². The van der Waals surface area contributed by atoms with Crippen LogP contribution in [0.1, 0.15) is 19.3 Å². The first-order valence-electron chi connectivity index (χ1n) is 5.16. The molecule has 0 spiro atoms.